The van der Waals surface area contributed by atoms with Crippen LogP contribution in [0.1, 0.15) is 6.92 Å². The lowest BCUT2D eigenvalue weighted by atomic mass is 10.2. The molecular weight excluding hydrogens is 449 g/mol. The first-order chi connectivity index (χ1) is 13.7. The van der Waals surface area contributed by atoms with Gasteiger partial charge in [-0.3, -0.25) is 14.4 Å². The highest BCUT2D eigenvalue weighted by molar-refractivity contribution is 8.00. The van der Waals surface area contributed by atoms with E-state index in [0.29, 0.717) is 9.90 Å². The first-order valence-corrected chi connectivity index (χ1v) is 9.85. The van der Waals surface area contributed by atoms with E-state index in [2.05, 4.69) is 5.32 Å². The van der Waals surface area contributed by atoms with Crippen molar-refractivity contribution >= 4 is 64.7 Å². The Balaban J connectivity index is 1.98. The van der Waals surface area contributed by atoms with Crippen LogP contribution in [-0.4, -0.2) is 59.6 Å². The molecule has 1 aromatic carbocycles. The Morgan fingerprint density at radius 1 is 1.45 bits per heavy atom. The highest BCUT2D eigenvalue weighted by Crippen LogP contribution is 2.32. The molecule has 0 aromatic heterocycles. The summed E-state index contributed by atoms with van der Waals surface area (Å²) in [5.41, 5.74) is -0.0771. The SMILES string of the molecule is CC(=O)OC1COCC1OC(=O)CSc1cc(NC(=S)N(N)C=O)c(F)cc1Cl. The molecule has 1 amide bonds. The van der Waals surface area contributed by atoms with Crippen LogP contribution in [0.25, 0.3) is 0 Å². The number of benzene rings is 1. The van der Waals surface area contributed by atoms with Crippen molar-refractivity contribution < 1.29 is 33.0 Å². The Kier molecular flexibility index (Phi) is 8.59. The van der Waals surface area contributed by atoms with Crippen molar-refractivity contribution in [3.63, 3.8) is 0 Å². The number of nitrogens with zero attached hydrogens (tertiary/aromatic N) is 1. The fraction of sp³-hybridized carbons (Fsp3) is 0.375. The van der Waals surface area contributed by atoms with Crippen LogP contribution in [0.15, 0.2) is 17.0 Å². The molecule has 0 saturated carbocycles. The van der Waals surface area contributed by atoms with Crippen LogP contribution in [0.5, 0.6) is 0 Å². The highest BCUT2D eigenvalue weighted by Gasteiger charge is 2.34. The van der Waals surface area contributed by atoms with Gasteiger partial charge in [0.2, 0.25) is 6.41 Å². The van der Waals surface area contributed by atoms with Gasteiger partial charge >= 0.3 is 11.9 Å². The number of amides is 1. The Labute approximate surface area is 179 Å². The van der Waals surface area contributed by atoms with Crippen LogP contribution in [0.4, 0.5) is 10.1 Å². The molecule has 2 unspecified atom stereocenters. The zero-order valence-electron chi connectivity index (χ0n) is 15.1. The molecule has 3 N–H and O–H groups in total. The van der Waals surface area contributed by atoms with Gasteiger partial charge in [0.15, 0.2) is 17.3 Å². The van der Waals surface area contributed by atoms with Crippen molar-refractivity contribution in [3.05, 3.63) is 23.0 Å². The minimum atomic E-state index is -0.726. The molecule has 1 aromatic rings. The average molecular weight is 466 g/mol. The number of rotatable bonds is 7. The molecule has 2 rings (SSSR count). The quantitative estimate of drug-likeness (QED) is 0.116. The molecule has 0 bridgehead atoms. The summed E-state index contributed by atoms with van der Waals surface area (Å²) in [5.74, 6) is 3.34. The van der Waals surface area contributed by atoms with Crippen molar-refractivity contribution in [1.29, 1.82) is 0 Å². The summed E-state index contributed by atoms with van der Waals surface area (Å²) >= 11 is 11.9. The lowest BCUT2D eigenvalue weighted by Crippen LogP contribution is -2.39. The Morgan fingerprint density at radius 3 is 2.72 bits per heavy atom. The van der Waals surface area contributed by atoms with E-state index < -0.39 is 30.0 Å². The molecule has 0 radical (unpaired) electrons. The van der Waals surface area contributed by atoms with Gasteiger partial charge in [-0.25, -0.2) is 15.2 Å². The third kappa shape index (κ3) is 6.78. The van der Waals surface area contributed by atoms with Crippen molar-refractivity contribution in [2.75, 3.05) is 24.3 Å². The van der Waals surface area contributed by atoms with E-state index in [-0.39, 0.29) is 41.2 Å². The van der Waals surface area contributed by atoms with Crippen LogP contribution in [0, 0.1) is 5.82 Å². The lowest BCUT2D eigenvalue weighted by molar-refractivity contribution is -0.160. The maximum absolute atomic E-state index is 14.1. The van der Waals surface area contributed by atoms with Gasteiger partial charge in [0, 0.05) is 11.8 Å². The number of hydrazine groups is 1. The standard InChI is InChI=1S/C16H17ClFN3O6S2/c1-8(23)26-12-4-25-5-13(12)27-15(24)6-29-14-3-11(10(18)2-9(14)17)20-16(28)21(19)7-22/h2-3,7,12-13H,4-6,19H2,1H3,(H,20,28). The van der Waals surface area contributed by atoms with Crippen LogP contribution in [-0.2, 0) is 28.6 Å². The van der Waals surface area contributed by atoms with E-state index >= 15 is 0 Å². The molecule has 1 fully saturated rings. The average Bonchev–Trinajstić information content (AvgIpc) is 3.07. The van der Waals surface area contributed by atoms with Crippen molar-refractivity contribution in [1.82, 2.24) is 5.01 Å². The fourth-order valence-corrected chi connectivity index (χ4v) is 3.46. The number of nitrogens with two attached hydrogens (primary N) is 1. The van der Waals surface area contributed by atoms with E-state index in [0.717, 1.165) is 17.8 Å². The number of halogens is 2. The van der Waals surface area contributed by atoms with E-state index in [1.54, 1.807) is 0 Å². The molecule has 1 aliphatic rings. The summed E-state index contributed by atoms with van der Waals surface area (Å²) in [6, 6.07) is 2.35. The molecule has 1 saturated heterocycles. The van der Waals surface area contributed by atoms with E-state index in [1.807, 2.05) is 0 Å². The summed E-state index contributed by atoms with van der Waals surface area (Å²) in [6.45, 7) is 1.51. The monoisotopic (exact) mass is 465 g/mol. The number of thioether (sulfide) groups is 1. The molecule has 158 valence electrons. The first kappa shape index (κ1) is 23.3. The minimum Gasteiger partial charge on any atom is -0.456 e. The van der Waals surface area contributed by atoms with Crippen LogP contribution in [0.2, 0.25) is 5.02 Å². The Hall–Kier alpha value is -1.99. The molecule has 2 atom stereocenters. The van der Waals surface area contributed by atoms with Crippen molar-refractivity contribution in [2.45, 2.75) is 24.0 Å². The number of hydrogen-bond acceptors (Lipinski definition) is 9. The van der Waals surface area contributed by atoms with Crippen LogP contribution in [0.3, 0.4) is 0 Å². The number of ether oxygens (including phenoxy) is 3. The minimum absolute atomic E-state index is 0.0683. The van der Waals surface area contributed by atoms with Gasteiger partial charge in [0.25, 0.3) is 0 Å². The summed E-state index contributed by atoms with van der Waals surface area (Å²) < 4.78 is 29.5. The van der Waals surface area contributed by atoms with Crippen LogP contribution < -0.4 is 11.2 Å². The van der Waals surface area contributed by atoms with Crippen LogP contribution >= 0.6 is 35.6 Å². The first-order valence-electron chi connectivity index (χ1n) is 8.07. The zero-order chi connectivity index (χ0) is 21.6. The zero-order valence-corrected chi connectivity index (χ0v) is 17.4. The lowest BCUT2D eigenvalue weighted by Gasteiger charge is -2.18. The molecule has 29 heavy (non-hydrogen) atoms. The van der Waals surface area contributed by atoms with Gasteiger partial charge in [-0.15, -0.1) is 11.8 Å². The third-order valence-electron chi connectivity index (χ3n) is 3.54. The smallest absolute Gasteiger partial charge is 0.316 e. The second-order valence-electron chi connectivity index (χ2n) is 5.71. The van der Waals surface area contributed by atoms with Gasteiger partial charge in [-0.1, -0.05) is 11.6 Å². The normalized spacial score (nSPS) is 18.1. The molecule has 1 aliphatic heterocycles. The molecule has 9 nitrogen and oxygen atoms in total. The van der Waals surface area contributed by atoms with E-state index in [9.17, 15) is 18.8 Å². The molecule has 13 heteroatoms. The second kappa shape index (κ2) is 10.7. The summed E-state index contributed by atoms with van der Waals surface area (Å²) in [4.78, 5) is 34.2. The van der Waals surface area contributed by atoms with Gasteiger partial charge in [0.1, 0.15) is 5.82 Å². The van der Waals surface area contributed by atoms with Crippen molar-refractivity contribution in [3.8, 4) is 0 Å². The highest BCUT2D eigenvalue weighted by atomic mass is 35.5. The second-order valence-corrected chi connectivity index (χ2v) is 7.52. The third-order valence-corrected chi connectivity index (χ3v) is 5.30. The predicted molar refractivity (Wildman–Crippen MR) is 107 cm³/mol. The Bertz CT molecular complexity index is 815. The maximum atomic E-state index is 14.1. The number of esters is 2. The summed E-state index contributed by atoms with van der Waals surface area (Å²) in [7, 11) is 0. The molecule has 0 aliphatic carbocycles. The van der Waals surface area contributed by atoms with Crippen molar-refractivity contribution in [2.24, 2.45) is 5.84 Å². The van der Waals surface area contributed by atoms with Gasteiger partial charge in [-0.2, -0.15) is 0 Å². The van der Waals surface area contributed by atoms with Gasteiger partial charge in [0.05, 0.1) is 29.7 Å². The Morgan fingerprint density at radius 2 is 2.10 bits per heavy atom. The number of carbonyl (C=O) groups excluding carboxylic acids is 3. The fourth-order valence-electron chi connectivity index (χ4n) is 2.25. The largest absolute Gasteiger partial charge is 0.456 e. The van der Waals surface area contributed by atoms with E-state index in [4.69, 9.17) is 43.9 Å². The van der Waals surface area contributed by atoms with Gasteiger partial charge in [-0.05, 0) is 24.4 Å². The maximum Gasteiger partial charge on any atom is 0.316 e. The number of anilines is 1. The number of hydrogen-bond donors (Lipinski definition) is 2. The molecular formula is C16H17ClFN3O6S2. The van der Waals surface area contributed by atoms with E-state index in [1.165, 1.54) is 13.0 Å². The van der Waals surface area contributed by atoms with Gasteiger partial charge < -0.3 is 19.5 Å². The number of carbonyl (C=O) groups is 3. The summed E-state index contributed by atoms with van der Waals surface area (Å²) in [5, 5.41) is 2.88. The predicted octanol–water partition coefficient (Wildman–Crippen LogP) is 1.47. The number of thiocarbonyl (C=S) groups is 1. The molecule has 0 spiro atoms. The number of nitrogens with one attached hydrogen (secondary N) is 1. The summed E-state index contributed by atoms with van der Waals surface area (Å²) in [6.07, 6.45) is -1.11. The topological polar surface area (TPSA) is 120 Å². The molecule has 1 heterocycles.